The van der Waals surface area contributed by atoms with E-state index in [1.54, 1.807) is 11.3 Å². The summed E-state index contributed by atoms with van der Waals surface area (Å²) in [4.78, 5) is 0. The Labute approximate surface area is 123 Å². The first-order chi connectivity index (χ1) is 9.51. The number of aromatic hydroxyl groups is 1. The van der Waals surface area contributed by atoms with E-state index >= 15 is 0 Å². The molecule has 1 aromatic heterocycles. The van der Waals surface area contributed by atoms with Crippen LogP contribution in [0.3, 0.4) is 0 Å². The standard InChI is InChI=1S/C16H18N2OS/c1-5-8-18-15(20-13(4)17-18)7-6-14-9-11(2)16(19)12(3)10-14/h5-7,9-10H,1,8H2,2-4H3/p+1. The Kier molecular flexibility index (Phi) is 4.35. The van der Waals surface area contributed by atoms with Gasteiger partial charge in [0.05, 0.1) is 0 Å². The van der Waals surface area contributed by atoms with Crippen molar-refractivity contribution >= 4 is 23.5 Å². The van der Waals surface area contributed by atoms with Gasteiger partial charge in [-0.05, 0) is 73.1 Å². The molecule has 4 heteroatoms. The summed E-state index contributed by atoms with van der Waals surface area (Å²) in [6, 6.07) is 3.95. The molecule has 0 aliphatic rings. The van der Waals surface area contributed by atoms with Gasteiger partial charge < -0.3 is 5.11 Å². The van der Waals surface area contributed by atoms with Crippen molar-refractivity contribution < 1.29 is 9.79 Å². The van der Waals surface area contributed by atoms with Gasteiger partial charge in [-0.2, -0.15) is 0 Å². The van der Waals surface area contributed by atoms with Crippen LogP contribution in [0.5, 0.6) is 5.75 Å². The number of rotatable bonds is 4. The van der Waals surface area contributed by atoms with E-state index in [4.69, 9.17) is 0 Å². The summed E-state index contributed by atoms with van der Waals surface area (Å²) < 4.78 is 1.93. The highest BCUT2D eigenvalue weighted by molar-refractivity contribution is 7.11. The van der Waals surface area contributed by atoms with E-state index in [0.717, 1.165) is 26.7 Å². The molecule has 20 heavy (non-hydrogen) atoms. The van der Waals surface area contributed by atoms with E-state index in [-0.39, 0.29) is 0 Å². The summed E-state index contributed by atoms with van der Waals surface area (Å²) in [5.74, 6) is 0.373. The van der Waals surface area contributed by atoms with Crippen molar-refractivity contribution in [3.05, 3.63) is 51.5 Å². The molecule has 0 radical (unpaired) electrons. The number of benzene rings is 1. The fourth-order valence-electron chi connectivity index (χ4n) is 2.07. The molecule has 0 fully saturated rings. The molecule has 0 spiro atoms. The van der Waals surface area contributed by atoms with Crippen LogP contribution in [-0.2, 0) is 6.54 Å². The molecule has 0 bridgehead atoms. The van der Waals surface area contributed by atoms with Gasteiger partial charge in [0, 0.05) is 11.2 Å². The van der Waals surface area contributed by atoms with Crippen molar-refractivity contribution in [3.63, 3.8) is 0 Å². The lowest BCUT2D eigenvalue weighted by atomic mass is 10.1. The molecular weight excluding hydrogens is 268 g/mol. The van der Waals surface area contributed by atoms with Gasteiger partial charge in [0.2, 0.25) is 0 Å². The lowest BCUT2D eigenvalue weighted by Crippen LogP contribution is -2.37. The Balaban J connectivity index is 2.32. The van der Waals surface area contributed by atoms with Gasteiger partial charge in [0.25, 0.3) is 5.01 Å². The van der Waals surface area contributed by atoms with Crippen LogP contribution >= 0.6 is 11.3 Å². The number of phenols is 1. The number of aromatic nitrogens is 2. The van der Waals surface area contributed by atoms with E-state index < -0.39 is 0 Å². The molecule has 0 aliphatic carbocycles. The van der Waals surface area contributed by atoms with Gasteiger partial charge in [-0.25, -0.2) is 0 Å². The first-order valence-electron chi connectivity index (χ1n) is 6.48. The largest absolute Gasteiger partial charge is 0.507 e. The first-order valence-corrected chi connectivity index (χ1v) is 7.29. The quantitative estimate of drug-likeness (QED) is 0.691. The number of nitrogens with zero attached hydrogens (tertiary/aromatic N) is 2. The lowest BCUT2D eigenvalue weighted by Gasteiger charge is -2.04. The van der Waals surface area contributed by atoms with Crippen molar-refractivity contribution in [1.82, 2.24) is 5.10 Å². The minimum Gasteiger partial charge on any atom is -0.507 e. The summed E-state index contributed by atoms with van der Waals surface area (Å²) >= 11 is 1.65. The lowest BCUT2D eigenvalue weighted by molar-refractivity contribution is -0.741. The molecule has 0 atom stereocenters. The number of hydrogen-bond donors (Lipinski definition) is 1. The molecule has 2 aromatic rings. The van der Waals surface area contributed by atoms with Crippen LogP contribution in [-0.4, -0.2) is 10.2 Å². The Morgan fingerprint density at radius 1 is 1.25 bits per heavy atom. The Bertz CT molecular complexity index is 648. The van der Waals surface area contributed by atoms with Crippen molar-refractivity contribution in [2.45, 2.75) is 27.3 Å². The molecular formula is C16H19N2OS+. The summed E-state index contributed by atoms with van der Waals surface area (Å²) in [5, 5.41) is 16.3. The topological polar surface area (TPSA) is 37.0 Å². The van der Waals surface area contributed by atoms with Gasteiger partial charge in [0.1, 0.15) is 5.75 Å². The third kappa shape index (κ3) is 3.14. The molecule has 0 aliphatic heterocycles. The van der Waals surface area contributed by atoms with E-state index in [2.05, 4.69) is 17.8 Å². The third-order valence-corrected chi connectivity index (χ3v) is 3.94. The second kappa shape index (κ2) is 6.01. The molecule has 104 valence electrons. The van der Waals surface area contributed by atoms with Crippen LogP contribution in [0, 0.1) is 20.8 Å². The molecule has 1 N–H and O–H groups in total. The maximum atomic E-state index is 9.79. The molecule has 1 aromatic carbocycles. The minimum absolute atomic E-state index is 0.373. The Hall–Kier alpha value is -1.94. The smallest absolute Gasteiger partial charge is 0.289 e. The van der Waals surface area contributed by atoms with Crippen molar-refractivity contribution in [1.29, 1.82) is 0 Å². The highest BCUT2D eigenvalue weighted by Gasteiger charge is 2.13. The zero-order valence-electron chi connectivity index (χ0n) is 12.1. The van der Waals surface area contributed by atoms with Gasteiger partial charge in [-0.3, -0.25) is 0 Å². The second-order valence-electron chi connectivity index (χ2n) is 4.77. The number of phenolic OH excluding ortho intramolecular Hbond substituents is 1. The maximum absolute atomic E-state index is 9.79. The summed E-state index contributed by atoms with van der Waals surface area (Å²) in [5.41, 5.74) is 2.86. The SMILES string of the molecule is C=CC[n+]1nc(C)sc1C=Cc1cc(C)c(O)c(C)c1. The summed E-state index contributed by atoms with van der Waals surface area (Å²) in [7, 11) is 0. The highest BCUT2D eigenvalue weighted by atomic mass is 32.1. The first kappa shape index (κ1) is 14.5. The van der Waals surface area contributed by atoms with Crippen LogP contribution < -0.4 is 4.68 Å². The fourth-order valence-corrected chi connectivity index (χ4v) is 2.87. The second-order valence-corrected chi connectivity index (χ2v) is 5.98. The Morgan fingerprint density at radius 3 is 2.50 bits per heavy atom. The van der Waals surface area contributed by atoms with Crippen LogP contribution in [0.1, 0.15) is 26.7 Å². The minimum atomic E-state index is 0.373. The third-order valence-electron chi connectivity index (χ3n) is 3.00. The van der Waals surface area contributed by atoms with Gasteiger partial charge in [-0.15, -0.1) is 0 Å². The average Bonchev–Trinajstić information content (AvgIpc) is 2.74. The van der Waals surface area contributed by atoms with Gasteiger partial charge in [-0.1, -0.05) is 11.3 Å². The molecule has 0 amide bonds. The van der Waals surface area contributed by atoms with Gasteiger partial charge in [0.15, 0.2) is 11.6 Å². The van der Waals surface area contributed by atoms with Crippen LogP contribution in [0.2, 0.25) is 0 Å². The number of allylic oxidation sites excluding steroid dienone is 1. The zero-order valence-corrected chi connectivity index (χ0v) is 12.9. The molecule has 0 saturated heterocycles. The summed E-state index contributed by atoms with van der Waals surface area (Å²) in [6.07, 6.45) is 5.94. The normalized spacial score (nSPS) is 11.2. The molecule has 3 nitrogen and oxygen atoms in total. The van der Waals surface area contributed by atoms with E-state index in [0.29, 0.717) is 12.3 Å². The van der Waals surface area contributed by atoms with Crippen molar-refractivity contribution in [2.24, 2.45) is 0 Å². The van der Waals surface area contributed by atoms with Crippen LogP contribution in [0.15, 0.2) is 24.8 Å². The molecule has 1 heterocycles. The molecule has 0 unspecified atom stereocenters. The van der Waals surface area contributed by atoms with E-state index in [1.807, 2.05) is 49.7 Å². The monoisotopic (exact) mass is 287 g/mol. The van der Waals surface area contributed by atoms with Crippen molar-refractivity contribution in [3.8, 4) is 5.75 Å². The van der Waals surface area contributed by atoms with E-state index in [1.165, 1.54) is 0 Å². The van der Waals surface area contributed by atoms with Gasteiger partial charge >= 0.3 is 0 Å². The predicted octanol–water partition coefficient (Wildman–Crippen LogP) is 3.42. The number of aryl methyl sites for hydroxylation is 3. The fraction of sp³-hybridized carbons (Fsp3) is 0.250. The van der Waals surface area contributed by atoms with Crippen molar-refractivity contribution in [2.75, 3.05) is 0 Å². The maximum Gasteiger partial charge on any atom is 0.289 e. The zero-order chi connectivity index (χ0) is 14.7. The highest BCUT2D eigenvalue weighted by Crippen LogP contribution is 2.24. The molecule has 0 saturated carbocycles. The van der Waals surface area contributed by atoms with Crippen LogP contribution in [0.25, 0.3) is 12.2 Å². The number of hydrogen-bond acceptors (Lipinski definition) is 3. The average molecular weight is 287 g/mol. The predicted molar refractivity (Wildman–Crippen MR) is 83.8 cm³/mol. The van der Waals surface area contributed by atoms with Crippen LogP contribution in [0.4, 0.5) is 0 Å². The Morgan fingerprint density at radius 2 is 1.90 bits per heavy atom. The van der Waals surface area contributed by atoms with E-state index in [9.17, 15) is 5.11 Å². The molecule has 2 rings (SSSR count). The summed E-state index contributed by atoms with van der Waals surface area (Å²) in [6.45, 7) is 10.3.